The highest BCUT2D eigenvalue weighted by Gasteiger charge is 2.48. The normalized spacial score (nSPS) is 24.1. The van der Waals surface area contributed by atoms with Gasteiger partial charge in [0.1, 0.15) is 0 Å². The number of nitrogens with zero attached hydrogens (tertiary/aromatic N) is 2. The van der Waals surface area contributed by atoms with Crippen molar-refractivity contribution in [3.05, 3.63) is 69.7 Å². The number of benzene rings is 2. The number of aliphatic imine (C=N–C) groups is 1. The van der Waals surface area contributed by atoms with Crippen LogP contribution in [0.3, 0.4) is 0 Å². The quantitative estimate of drug-likeness (QED) is 0.681. The van der Waals surface area contributed by atoms with E-state index in [9.17, 15) is 13.2 Å². The molecule has 0 saturated carbocycles. The molecular weight excluding hydrogens is 451 g/mol. The summed E-state index contributed by atoms with van der Waals surface area (Å²) >= 11 is 13.5. The molecule has 0 N–H and O–H groups in total. The Kier molecular flexibility index (Phi) is 5.93. The smallest absolute Gasteiger partial charge is 0.252 e. The third-order valence-corrected chi connectivity index (χ3v) is 8.83. The van der Waals surface area contributed by atoms with Gasteiger partial charge in [-0.15, -0.1) is 0 Å². The van der Waals surface area contributed by atoms with Crippen molar-refractivity contribution < 1.29 is 13.2 Å². The minimum atomic E-state index is -3.08. The van der Waals surface area contributed by atoms with Crippen LogP contribution >= 0.6 is 35.0 Å². The molecular formula is C20H18Cl2N2O3S2. The molecule has 0 aliphatic carbocycles. The van der Waals surface area contributed by atoms with Crippen LogP contribution in [0.25, 0.3) is 0 Å². The molecule has 2 aromatic carbocycles. The third kappa shape index (κ3) is 4.79. The van der Waals surface area contributed by atoms with Crippen molar-refractivity contribution in [2.75, 3.05) is 11.5 Å². The lowest BCUT2D eigenvalue weighted by molar-refractivity contribution is -0.117. The summed E-state index contributed by atoms with van der Waals surface area (Å²) in [5.41, 5.74) is 1.70. The lowest BCUT2D eigenvalue weighted by Gasteiger charge is -2.24. The Balaban J connectivity index is 1.58. The van der Waals surface area contributed by atoms with Gasteiger partial charge in [-0.1, -0.05) is 65.3 Å². The van der Waals surface area contributed by atoms with Gasteiger partial charge in [-0.05, 0) is 29.3 Å². The number of amidine groups is 1. The molecule has 2 aliphatic heterocycles. The number of carbonyl (C=O) groups excluding carboxylic acids is 1. The number of carbonyl (C=O) groups is 1. The van der Waals surface area contributed by atoms with Gasteiger partial charge in [0.2, 0.25) is 0 Å². The fourth-order valence-electron chi connectivity index (χ4n) is 3.56. The van der Waals surface area contributed by atoms with Crippen LogP contribution in [0.2, 0.25) is 10.0 Å². The molecule has 5 nitrogen and oxygen atoms in total. The number of hydrogen-bond donors (Lipinski definition) is 0. The predicted molar refractivity (Wildman–Crippen MR) is 118 cm³/mol. The standard InChI is InChI=1S/C20H18Cl2N2O3S2/c21-15-7-5-13(6-8-15)10-24-17-11-29(26,27)12-18(17)28-20(24)23-19(25)9-14-3-1-2-4-16(14)22/h1-8,17-18H,9-12H2/t17-,18+/m1/s1. The SMILES string of the molecule is O=C(Cc1ccccc1Cl)N=C1S[C@H]2CS(=O)(=O)C[C@H]2N1Cc1ccc(Cl)cc1. The van der Waals surface area contributed by atoms with Gasteiger partial charge in [-0.3, -0.25) is 4.79 Å². The van der Waals surface area contributed by atoms with E-state index in [1.807, 2.05) is 29.2 Å². The van der Waals surface area contributed by atoms with E-state index in [1.165, 1.54) is 11.8 Å². The fraction of sp³-hybridized carbons (Fsp3) is 0.300. The maximum absolute atomic E-state index is 12.6. The summed E-state index contributed by atoms with van der Waals surface area (Å²) in [5, 5.41) is 1.62. The summed E-state index contributed by atoms with van der Waals surface area (Å²) in [7, 11) is -3.08. The molecule has 2 fully saturated rings. The van der Waals surface area contributed by atoms with Crippen LogP contribution in [-0.4, -0.2) is 47.2 Å². The molecule has 0 spiro atoms. The minimum absolute atomic E-state index is 0.0793. The summed E-state index contributed by atoms with van der Waals surface area (Å²) in [6.45, 7) is 0.471. The van der Waals surface area contributed by atoms with Gasteiger partial charge in [-0.2, -0.15) is 4.99 Å². The second-order valence-electron chi connectivity index (χ2n) is 7.11. The zero-order chi connectivity index (χ0) is 20.6. The van der Waals surface area contributed by atoms with E-state index in [4.69, 9.17) is 23.2 Å². The molecule has 0 unspecified atom stereocenters. The van der Waals surface area contributed by atoms with Crippen molar-refractivity contribution in [3.63, 3.8) is 0 Å². The van der Waals surface area contributed by atoms with Gasteiger partial charge in [0, 0.05) is 21.8 Å². The summed E-state index contributed by atoms with van der Waals surface area (Å²) in [4.78, 5) is 18.9. The zero-order valence-electron chi connectivity index (χ0n) is 15.3. The molecule has 2 saturated heterocycles. The van der Waals surface area contributed by atoms with Gasteiger partial charge in [0.15, 0.2) is 15.0 Å². The molecule has 1 amide bonds. The highest BCUT2D eigenvalue weighted by molar-refractivity contribution is 8.15. The average molecular weight is 469 g/mol. The van der Waals surface area contributed by atoms with Crippen molar-refractivity contribution in [1.82, 2.24) is 4.90 Å². The van der Waals surface area contributed by atoms with E-state index in [1.54, 1.807) is 24.3 Å². The molecule has 152 valence electrons. The Morgan fingerprint density at radius 3 is 2.55 bits per heavy atom. The zero-order valence-corrected chi connectivity index (χ0v) is 18.4. The minimum Gasteiger partial charge on any atom is -0.342 e. The fourth-order valence-corrected chi connectivity index (χ4v) is 7.85. The highest BCUT2D eigenvalue weighted by atomic mass is 35.5. The average Bonchev–Trinajstić information content (AvgIpc) is 3.11. The monoisotopic (exact) mass is 468 g/mol. The van der Waals surface area contributed by atoms with Crippen molar-refractivity contribution >= 4 is 55.9 Å². The Hall–Kier alpha value is -1.54. The molecule has 2 aliphatic rings. The topological polar surface area (TPSA) is 66.8 Å². The van der Waals surface area contributed by atoms with E-state index in [2.05, 4.69) is 4.99 Å². The maximum Gasteiger partial charge on any atom is 0.252 e. The summed E-state index contributed by atoms with van der Waals surface area (Å²) < 4.78 is 24.2. The van der Waals surface area contributed by atoms with Crippen molar-refractivity contribution in [3.8, 4) is 0 Å². The van der Waals surface area contributed by atoms with Crippen LogP contribution in [0.5, 0.6) is 0 Å². The molecule has 9 heteroatoms. The number of fused-ring (bicyclic) bond motifs is 1. The van der Waals surface area contributed by atoms with E-state index in [0.29, 0.717) is 21.8 Å². The van der Waals surface area contributed by atoms with Gasteiger partial charge in [0.25, 0.3) is 5.91 Å². The highest BCUT2D eigenvalue weighted by Crippen LogP contribution is 2.39. The first-order valence-corrected chi connectivity index (χ1v) is 12.5. The van der Waals surface area contributed by atoms with Crippen LogP contribution in [0.1, 0.15) is 11.1 Å². The third-order valence-electron chi connectivity index (χ3n) is 4.96. The molecule has 0 bridgehead atoms. The Bertz CT molecular complexity index is 1070. The molecule has 0 radical (unpaired) electrons. The number of hydrogen-bond acceptors (Lipinski definition) is 4. The molecule has 2 aromatic rings. The first-order valence-electron chi connectivity index (χ1n) is 9.04. The van der Waals surface area contributed by atoms with E-state index in [-0.39, 0.29) is 35.1 Å². The van der Waals surface area contributed by atoms with E-state index < -0.39 is 9.84 Å². The van der Waals surface area contributed by atoms with Crippen LogP contribution in [0.4, 0.5) is 0 Å². The first kappa shape index (κ1) is 20.7. The Morgan fingerprint density at radius 1 is 1.10 bits per heavy atom. The van der Waals surface area contributed by atoms with Crippen molar-refractivity contribution in [1.29, 1.82) is 0 Å². The largest absolute Gasteiger partial charge is 0.342 e. The number of rotatable bonds is 4. The molecule has 4 rings (SSSR count). The lowest BCUT2D eigenvalue weighted by Crippen LogP contribution is -2.37. The second-order valence-corrected chi connectivity index (χ2v) is 11.3. The molecule has 2 heterocycles. The van der Waals surface area contributed by atoms with Crippen LogP contribution in [0.15, 0.2) is 53.5 Å². The van der Waals surface area contributed by atoms with E-state index in [0.717, 1.165) is 11.1 Å². The number of halogens is 2. The van der Waals surface area contributed by atoms with Gasteiger partial charge in [0.05, 0.1) is 24.0 Å². The molecule has 29 heavy (non-hydrogen) atoms. The van der Waals surface area contributed by atoms with Crippen LogP contribution in [-0.2, 0) is 27.6 Å². The number of sulfone groups is 1. The Labute approximate surface area is 184 Å². The summed E-state index contributed by atoms with van der Waals surface area (Å²) in [5.74, 6) is -0.114. The van der Waals surface area contributed by atoms with E-state index >= 15 is 0 Å². The second kappa shape index (κ2) is 8.30. The number of amides is 1. The van der Waals surface area contributed by atoms with Gasteiger partial charge >= 0.3 is 0 Å². The first-order chi connectivity index (χ1) is 13.8. The van der Waals surface area contributed by atoms with Gasteiger partial charge < -0.3 is 4.90 Å². The Morgan fingerprint density at radius 2 is 1.83 bits per heavy atom. The maximum atomic E-state index is 12.6. The lowest BCUT2D eigenvalue weighted by atomic mass is 10.1. The summed E-state index contributed by atoms with van der Waals surface area (Å²) in [6.07, 6.45) is 0.103. The predicted octanol–water partition coefficient (Wildman–Crippen LogP) is 3.83. The van der Waals surface area contributed by atoms with Crippen LogP contribution < -0.4 is 0 Å². The van der Waals surface area contributed by atoms with Crippen molar-refractivity contribution in [2.24, 2.45) is 4.99 Å². The summed E-state index contributed by atoms with van der Waals surface area (Å²) in [6, 6.07) is 14.4. The van der Waals surface area contributed by atoms with Crippen LogP contribution in [0, 0.1) is 0 Å². The van der Waals surface area contributed by atoms with Crippen molar-refractivity contribution in [2.45, 2.75) is 24.3 Å². The molecule has 0 aromatic heterocycles. The van der Waals surface area contributed by atoms with Gasteiger partial charge in [-0.25, -0.2) is 8.42 Å². The molecule has 2 atom stereocenters. The number of thioether (sulfide) groups is 1.